The molecule has 0 aliphatic rings. The monoisotopic (exact) mass is 322 g/mol. The number of thiazole rings is 1. The summed E-state index contributed by atoms with van der Waals surface area (Å²) in [6.07, 6.45) is 0. The zero-order valence-electron chi connectivity index (χ0n) is 12.3. The van der Waals surface area contributed by atoms with Crippen molar-refractivity contribution in [3.05, 3.63) is 59.7 Å². The van der Waals surface area contributed by atoms with Crippen LogP contribution in [-0.4, -0.2) is 9.97 Å². The Hall–Kier alpha value is -1.91. The van der Waals surface area contributed by atoms with Crippen molar-refractivity contribution in [2.45, 2.75) is 23.2 Å². The van der Waals surface area contributed by atoms with Crippen molar-refractivity contribution in [3.63, 3.8) is 0 Å². The molecule has 0 spiro atoms. The van der Waals surface area contributed by atoms with Crippen LogP contribution in [0.3, 0.4) is 0 Å². The Bertz CT molecular complexity index is 956. The zero-order chi connectivity index (χ0) is 15.1. The van der Waals surface area contributed by atoms with Gasteiger partial charge in [-0.3, -0.25) is 0 Å². The molecule has 0 saturated heterocycles. The first kappa shape index (κ1) is 13.7. The predicted molar refractivity (Wildman–Crippen MR) is 95.0 cm³/mol. The Morgan fingerprint density at radius 3 is 2.64 bits per heavy atom. The van der Waals surface area contributed by atoms with Crippen LogP contribution in [0, 0.1) is 13.8 Å². The molecule has 4 aromatic rings. The highest BCUT2D eigenvalue weighted by Gasteiger charge is 2.08. The van der Waals surface area contributed by atoms with Crippen LogP contribution < -0.4 is 0 Å². The number of para-hydroxylation sites is 1. The minimum Gasteiger partial charge on any atom is -0.241 e. The smallest absolute Gasteiger partial charge is 0.157 e. The molecular weight excluding hydrogens is 308 g/mol. The average Bonchev–Trinajstić information content (AvgIpc) is 2.90. The van der Waals surface area contributed by atoms with E-state index in [9.17, 15) is 0 Å². The lowest BCUT2D eigenvalue weighted by molar-refractivity contribution is 1.16. The van der Waals surface area contributed by atoms with E-state index < -0.39 is 0 Å². The van der Waals surface area contributed by atoms with Gasteiger partial charge in [0.05, 0.1) is 15.7 Å². The first-order chi connectivity index (χ1) is 10.7. The molecule has 0 unspecified atom stereocenters. The van der Waals surface area contributed by atoms with Crippen molar-refractivity contribution in [2.75, 3.05) is 0 Å². The summed E-state index contributed by atoms with van der Waals surface area (Å²) in [5.74, 6) is 0. The van der Waals surface area contributed by atoms with Gasteiger partial charge in [0, 0.05) is 5.39 Å². The third kappa shape index (κ3) is 2.49. The highest BCUT2D eigenvalue weighted by atomic mass is 32.2. The summed E-state index contributed by atoms with van der Waals surface area (Å²) < 4.78 is 2.26. The normalized spacial score (nSPS) is 11.4. The van der Waals surface area contributed by atoms with Crippen LogP contribution in [0.2, 0.25) is 0 Å². The van der Waals surface area contributed by atoms with Crippen LogP contribution in [0.5, 0.6) is 0 Å². The van der Waals surface area contributed by atoms with Crippen LogP contribution in [0.1, 0.15) is 11.1 Å². The van der Waals surface area contributed by atoms with Crippen molar-refractivity contribution in [2.24, 2.45) is 0 Å². The third-order valence-corrected chi connectivity index (χ3v) is 5.63. The van der Waals surface area contributed by atoms with Crippen LogP contribution in [-0.2, 0) is 0 Å². The van der Waals surface area contributed by atoms with Crippen LogP contribution in [0.4, 0.5) is 0 Å². The molecule has 2 nitrogen and oxygen atoms in total. The molecule has 0 amide bonds. The fourth-order valence-corrected chi connectivity index (χ4v) is 4.61. The van der Waals surface area contributed by atoms with Crippen molar-refractivity contribution < 1.29 is 0 Å². The lowest BCUT2D eigenvalue weighted by Crippen LogP contribution is -1.87. The van der Waals surface area contributed by atoms with Crippen LogP contribution >= 0.6 is 23.1 Å². The molecule has 0 bridgehead atoms. The lowest BCUT2D eigenvalue weighted by Gasteiger charge is -2.05. The van der Waals surface area contributed by atoms with Gasteiger partial charge in [0.1, 0.15) is 5.03 Å². The summed E-state index contributed by atoms with van der Waals surface area (Å²) in [7, 11) is 0. The largest absolute Gasteiger partial charge is 0.241 e. The topological polar surface area (TPSA) is 25.8 Å². The van der Waals surface area contributed by atoms with E-state index in [4.69, 9.17) is 4.98 Å². The number of nitrogens with zero attached hydrogens (tertiary/aromatic N) is 2. The molecule has 0 atom stereocenters. The Labute approximate surface area is 137 Å². The number of fused-ring (bicyclic) bond motifs is 2. The summed E-state index contributed by atoms with van der Waals surface area (Å²) in [6.45, 7) is 4.26. The van der Waals surface area contributed by atoms with Crippen molar-refractivity contribution in [1.29, 1.82) is 0 Å². The maximum absolute atomic E-state index is 4.77. The van der Waals surface area contributed by atoms with E-state index in [1.165, 1.54) is 21.2 Å². The SMILES string of the molecule is Cc1ccc2nc(Sc3nc4ccccc4s3)cc(C)c2c1. The van der Waals surface area contributed by atoms with E-state index in [1.54, 1.807) is 23.1 Å². The molecule has 22 heavy (non-hydrogen) atoms. The first-order valence-electron chi connectivity index (χ1n) is 7.10. The van der Waals surface area contributed by atoms with Gasteiger partial charge >= 0.3 is 0 Å². The van der Waals surface area contributed by atoms with Gasteiger partial charge in [-0.15, -0.1) is 11.3 Å². The highest BCUT2D eigenvalue weighted by Crippen LogP contribution is 2.34. The molecule has 2 aromatic carbocycles. The van der Waals surface area contributed by atoms with E-state index in [0.29, 0.717) is 0 Å². The predicted octanol–water partition coefficient (Wildman–Crippen LogP) is 5.61. The summed E-state index contributed by atoms with van der Waals surface area (Å²) in [5.41, 5.74) is 4.64. The highest BCUT2D eigenvalue weighted by molar-refractivity contribution is 8.01. The molecule has 0 aliphatic carbocycles. The standard InChI is InChI=1S/C18H14N2S2/c1-11-7-8-14-13(9-11)12(2)10-17(19-14)22-18-20-15-5-3-4-6-16(15)21-18/h3-10H,1-2H3. The van der Waals surface area contributed by atoms with Gasteiger partial charge < -0.3 is 0 Å². The Morgan fingerprint density at radius 1 is 0.909 bits per heavy atom. The molecule has 2 heterocycles. The minimum atomic E-state index is 1.01. The van der Waals surface area contributed by atoms with E-state index >= 15 is 0 Å². The molecule has 0 saturated carbocycles. The quantitative estimate of drug-likeness (QED) is 0.479. The number of rotatable bonds is 2. The van der Waals surface area contributed by atoms with E-state index in [1.807, 2.05) is 6.07 Å². The Balaban J connectivity index is 1.76. The van der Waals surface area contributed by atoms with Gasteiger partial charge in [0.15, 0.2) is 4.34 Å². The van der Waals surface area contributed by atoms with Crippen molar-refractivity contribution in [1.82, 2.24) is 9.97 Å². The second-order valence-corrected chi connectivity index (χ2v) is 7.65. The molecule has 108 valence electrons. The molecule has 0 radical (unpaired) electrons. The fraction of sp³-hybridized carbons (Fsp3) is 0.111. The van der Waals surface area contributed by atoms with Gasteiger partial charge in [0.25, 0.3) is 0 Å². The number of aromatic nitrogens is 2. The Kier molecular flexibility index (Phi) is 3.36. The average molecular weight is 322 g/mol. The summed E-state index contributed by atoms with van der Waals surface area (Å²) in [4.78, 5) is 9.45. The first-order valence-corrected chi connectivity index (χ1v) is 8.74. The zero-order valence-corrected chi connectivity index (χ0v) is 14.0. The maximum Gasteiger partial charge on any atom is 0.157 e. The lowest BCUT2D eigenvalue weighted by atomic mass is 10.1. The second kappa shape index (κ2) is 5.38. The van der Waals surface area contributed by atoms with Crippen molar-refractivity contribution in [3.8, 4) is 0 Å². The van der Waals surface area contributed by atoms with Gasteiger partial charge in [0.2, 0.25) is 0 Å². The number of hydrogen-bond donors (Lipinski definition) is 0. The van der Waals surface area contributed by atoms with E-state index in [2.05, 4.69) is 61.3 Å². The molecule has 0 N–H and O–H groups in total. The third-order valence-electron chi connectivity index (χ3n) is 3.61. The number of aryl methyl sites for hydroxylation is 2. The second-order valence-electron chi connectivity index (χ2n) is 5.35. The summed E-state index contributed by atoms with van der Waals surface area (Å²) in [6, 6.07) is 16.8. The van der Waals surface area contributed by atoms with Gasteiger partial charge in [-0.2, -0.15) is 0 Å². The molecular formula is C18H14N2S2. The summed E-state index contributed by atoms with van der Waals surface area (Å²) in [5, 5.41) is 2.24. The minimum absolute atomic E-state index is 1.01. The molecule has 4 rings (SSSR count). The Morgan fingerprint density at radius 2 is 1.77 bits per heavy atom. The number of hydrogen-bond acceptors (Lipinski definition) is 4. The van der Waals surface area contributed by atoms with Crippen LogP contribution in [0.25, 0.3) is 21.1 Å². The number of benzene rings is 2. The molecule has 0 aliphatic heterocycles. The molecule has 4 heteroatoms. The van der Waals surface area contributed by atoms with E-state index in [0.717, 1.165) is 20.4 Å². The van der Waals surface area contributed by atoms with Crippen molar-refractivity contribution >= 4 is 44.2 Å². The van der Waals surface area contributed by atoms with Gasteiger partial charge in [-0.25, -0.2) is 9.97 Å². The van der Waals surface area contributed by atoms with Gasteiger partial charge in [-0.1, -0.05) is 23.8 Å². The van der Waals surface area contributed by atoms with E-state index in [-0.39, 0.29) is 0 Å². The molecule has 0 fully saturated rings. The number of pyridine rings is 1. The van der Waals surface area contributed by atoms with Crippen LogP contribution in [0.15, 0.2) is 57.9 Å². The molecule has 2 aromatic heterocycles. The fourth-order valence-electron chi connectivity index (χ4n) is 2.51. The maximum atomic E-state index is 4.77. The summed E-state index contributed by atoms with van der Waals surface area (Å²) >= 11 is 3.36. The van der Waals surface area contributed by atoms with Gasteiger partial charge in [-0.05, 0) is 61.5 Å².